The molecule has 2 rings (SSSR count). The number of aromatic nitrogens is 1. The summed E-state index contributed by atoms with van der Waals surface area (Å²) in [7, 11) is 0. The maximum absolute atomic E-state index is 6.13. The van der Waals surface area contributed by atoms with Gasteiger partial charge in [-0.2, -0.15) is 0 Å². The van der Waals surface area contributed by atoms with Crippen LogP contribution in [0.2, 0.25) is 5.02 Å². The number of nitrogens with two attached hydrogens (primary N) is 1. The number of pyridine rings is 1. The molecule has 1 fully saturated rings. The zero-order valence-corrected chi connectivity index (χ0v) is 9.99. The highest BCUT2D eigenvalue weighted by atomic mass is 35.5. The van der Waals surface area contributed by atoms with Gasteiger partial charge < -0.3 is 10.5 Å². The highest BCUT2D eigenvalue weighted by Gasteiger charge is 2.18. The molecule has 1 saturated heterocycles. The third kappa shape index (κ3) is 3.17. The van der Waals surface area contributed by atoms with Gasteiger partial charge in [-0.25, -0.2) is 0 Å². The van der Waals surface area contributed by atoms with Crippen LogP contribution in [-0.4, -0.2) is 18.2 Å². The molecule has 1 unspecified atom stereocenters. The van der Waals surface area contributed by atoms with E-state index in [0.29, 0.717) is 10.9 Å². The second-order valence-corrected chi connectivity index (χ2v) is 4.74. The molecule has 1 atom stereocenters. The van der Waals surface area contributed by atoms with Crippen LogP contribution in [0.1, 0.15) is 31.0 Å². The fourth-order valence-electron chi connectivity index (χ4n) is 2.07. The Morgan fingerprint density at radius 2 is 2.19 bits per heavy atom. The topological polar surface area (TPSA) is 48.1 Å². The van der Waals surface area contributed by atoms with E-state index in [9.17, 15) is 0 Å². The van der Waals surface area contributed by atoms with Crippen molar-refractivity contribution in [1.82, 2.24) is 4.98 Å². The van der Waals surface area contributed by atoms with Gasteiger partial charge >= 0.3 is 0 Å². The van der Waals surface area contributed by atoms with Crippen LogP contribution < -0.4 is 5.73 Å². The molecule has 0 bridgehead atoms. The van der Waals surface area contributed by atoms with Crippen molar-refractivity contribution in [1.29, 1.82) is 0 Å². The summed E-state index contributed by atoms with van der Waals surface area (Å²) in [6.45, 7) is 1.73. The lowest BCUT2D eigenvalue weighted by atomic mass is 9.91. The fourth-order valence-corrected chi connectivity index (χ4v) is 2.18. The molecule has 4 heteroatoms. The van der Waals surface area contributed by atoms with Gasteiger partial charge in [-0.3, -0.25) is 4.98 Å². The molecule has 0 saturated carbocycles. The van der Waals surface area contributed by atoms with Crippen molar-refractivity contribution >= 4 is 11.6 Å². The number of rotatable bonds is 3. The standard InChI is InChI=1S/C12H17ClN2O/c13-10-1-2-12(15-8-10)11(14)7-9-3-5-16-6-4-9/h1-2,8-9,11H,3-7,14H2. The lowest BCUT2D eigenvalue weighted by Gasteiger charge is -2.24. The molecule has 1 aromatic rings. The first-order valence-corrected chi connectivity index (χ1v) is 6.08. The summed E-state index contributed by atoms with van der Waals surface area (Å²) in [5.41, 5.74) is 7.06. The quantitative estimate of drug-likeness (QED) is 0.883. The molecule has 1 aromatic heterocycles. The van der Waals surface area contributed by atoms with E-state index < -0.39 is 0 Å². The molecule has 1 aliphatic rings. The average Bonchev–Trinajstić information content (AvgIpc) is 2.31. The molecule has 88 valence electrons. The Hall–Kier alpha value is -0.640. The van der Waals surface area contributed by atoms with Crippen molar-refractivity contribution in [3.05, 3.63) is 29.0 Å². The smallest absolute Gasteiger partial charge is 0.0589 e. The summed E-state index contributed by atoms with van der Waals surface area (Å²) in [5.74, 6) is 0.668. The first-order valence-electron chi connectivity index (χ1n) is 5.70. The van der Waals surface area contributed by atoms with Gasteiger partial charge in [0.05, 0.1) is 10.7 Å². The second kappa shape index (κ2) is 5.62. The molecule has 0 spiro atoms. The predicted octanol–water partition coefficient (Wildman–Crippen LogP) is 2.55. The Kier molecular flexibility index (Phi) is 4.16. The molecule has 0 aliphatic carbocycles. The normalized spacial score (nSPS) is 19.6. The van der Waals surface area contributed by atoms with Crippen molar-refractivity contribution in [3.8, 4) is 0 Å². The van der Waals surface area contributed by atoms with Crippen LogP contribution >= 0.6 is 11.6 Å². The summed E-state index contributed by atoms with van der Waals surface area (Å²) < 4.78 is 5.33. The highest BCUT2D eigenvalue weighted by molar-refractivity contribution is 6.30. The van der Waals surface area contributed by atoms with Crippen molar-refractivity contribution < 1.29 is 4.74 Å². The average molecular weight is 241 g/mol. The summed E-state index contributed by atoms with van der Waals surface area (Å²) in [6.07, 6.45) is 4.86. The largest absolute Gasteiger partial charge is 0.381 e. The molecular weight excluding hydrogens is 224 g/mol. The van der Waals surface area contributed by atoms with Crippen molar-refractivity contribution in [2.75, 3.05) is 13.2 Å². The Labute approximate surface area is 101 Å². The maximum Gasteiger partial charge on any atom is 0.0589 e. The first kappa shape index (κ1) is 11.8. The molecular formula is C12H17ClN2O. The molecule has 0 aromatic carbocycles. The second-order valence-electron chi connectivity index (χ2n) is 4.30. The van der Waals surface area contributed by atoms with Crippen LogP contribution in [0, 0.1) is 5.92 Å². The number of hydrogen-bond acceptors (Lipinski definition) is 3. The highest BCUT2D eigenvalue weighted by Crippen LogP contribution is 2.25. The Morgan fingerprint density at radius 3 is 2.81 bits per heavy atom. The molecule has 0 radical (unpaired) electrons. The summed E-state index contributed by atoms with van der Waals surface area (Å²) in [4.78, 5) is 4.26. The number of hydrogen-bond donors (Lipinski definition) is 1. The van der Waals surface area contributed by atoms with Gasteiger partial charge in [0.15, 0.2) is 0 Å². The van der Waals surface area contributed by atoms with Crippen molar-refractivity contribution in [2.45, 2.75) is 25.3 Å². The van der Waals surface area contributed by atoms with E-state index in [0.717, 1.165) is 38.2 Å². The monoisotopic (exact) mass is 240 g/mol. The van der Waals surface area contributed by atoms with E-state index in [-0.39, 0.29) is 6.04 Å². The van der Waals surface area contributed by atoms with Gasteiger partial charge in [-0.1, -0.05) is 11.6 Å². The Balaban J connectivity index is 1.91. The summed E-state index contributed by atoms with van der Waals surface area (Å²) >= 11 is 5.79. The van der Waals surface area contributed by atoms with E-state index in [2.05, 4.69) is 4.98 Å². The van der Waals surface area contributed by atoms with E-state index in [1.54, 1.807) is 6.20 Å². The first-order chi connectivity index (χ1) is 7.75. The SMILES string of the molecule is NC(CC1CCOCC1)c1ccc(Cl)cn1. The van der Waals surface area contributed by atoms with E-state index >= 15 is 0 Å². The van der Waals surface area contributed by atoms with Crippen molar-refractivity contribution in [2.24, 2.45) is 11.7 Å². The number of ether oxygens (including phenoxy) is 1. The minimum Gasteiger partial charge on any atom is -0.381 e. The molecule has 1 aliphatic heterocycles. The van der Waals surface area contributed by atoms with Gasteiger partial charge in [0.1, 0.15) is 0 Å². The molecule has 2 N–H and O–H groups in total. The summed E-state index contributed by atoms with van der Waals surface area (Å²) in [5, 5.41) is 0.655. The van der Waals surface area contributed by atoms with Crippen LogP contribution in [0.4, 0.5) is 0 Å². The van der Waals surface area contributed by atoms with Gasteiger partial charge in [0.25, 0.3) is 0 Å². The Morgan fingerprint density at radius 1 is 1.44 bits per heavy atom. The maximum atomic E-state index is 6.13. The molecule has 16 heavy (non-hydrogen) atoms. The van der Waals surface area contributed by atoms with E-state index in [1.165, 1.54) is 0 Å². The van der Waals surface area contributed by atoms with Crippen LogP contribution in [-0.2, 0) is 4.74 Å². The van der Waals surface area contributed by atoms with Crippen LogP contribution in [0.25, 0.3) is 0 Å². The molecule has 0 amide bonds. The van der Waals surface area contributed by atoms with Crippen LogP contribution in [0.3, 0.4) is 0 Å². The van der Waals surface area contributed by atoms with Gasteiger partial charge in [0, 0.05) is 25.5 Å². The minimum atomic E-state index is 0.0142. The number of halogens is 1. The van der Waals surface area contributed by atoms with Gasteiger partial charge in [-0.05, 0) is 37.3 Å². The molecule has 3 nitrogen and oxygen atoms in total. The zero-order valence-electron chi connectivity index (χ0n) is 9.23. The number of nitrogens with zero attached hydrogens (tertiary/aromatic N) is 1. The van der Waals surface area contributed by atoms with Crippen molar-refractivity contribution in [3.63, 3.8) is 0 Å². The fraction of sp³-hybridized carbons (Fsp3) is 0.583. The lowest BCUT2D eigenvalue weighted by Crippen LogP contribution is -2.22. The van der Waals surface area contributed by atoms with E-state index in [1.807, 2.05) is 12.1 Å². The van der Waals surface area contributed by atoms with Gasteiger partial charge in [-0.15, -0.1) is 0 Å². The zero-order chi connectivity index (χ0) is 11.4. The molecule has 2 heterocycles. The van der Waals surface area contributed by atoms with E-state index in [4.69, 9.17) is 22.1 Å². The summed E-state index contributed by atoms with van der Waals surface area (Å²) in [6, 6.07) is 3.76. The van der Waals surface area contributed by atoms with Gasteiger partial charge in [0.2, 0.25) is 0 Å². The third-order valence-corrected chi connectivity index (χ3v) is 3.28. The third-order valence-electron chi connectivity index (χ3n) is 3.06. The van der Waals surface area contributed by atoms with Crippen LogP contribution in [0.5, 0.6) is 0 Å². The van der Waals surface area contributed by atoms with Crippen LogP contribution in [0.15, 0.2) is 18.3 Å². The predicted molar refractivity (Wildman–Crippen MR) is 64.3 cm³/mol. The minimum absolute atomic E-state index is 0.0142. The lowest BCUT2D eigenvalue weighted by molar-refractivity contribution is 0.0617. The Bertz CT molecular complexity index is 322.